The van der Waals surface area contributed by atoms with E-state index in [1.54, 1.807) is 48.5 Å². The highest BCUT2D eigenvalue weighted by molar-refractivity contribution is 7.89. The fourth-order valence-electron chi connectivity index (χ4n) is 2.59. The molecule has 3 aromatic rings. The van der Waals surface area contributed by atoms with Crippen LogP contribution < -0.4 is 20.2 Å². The van der Waals surface area contributed by atoms with Gasteiger partial charge in [0.2, 0.25) is 10.0 Å². The monoisotopic (exact) mass is 470 g/mol. The molecule has 0 saturated carbocycles. The van der Waals surface area contributed by atoms with Crippen LogP contribution >= 0.6 is 0 Å². The van der Waals surface area contributed by atoms with E-state index in [1.165, 1.54) is 25.5 Å². The van der Waals surface area contributed by atoms with E-state index in [1.807, 2.05) is 6.92 Å². The molecule has 10 nitrogen and oxygen atoms in total. The van der Waals surface area contributed by atoms with Gasteiger partial charge in [-0.1, -0.05) is 17.7 Å². The predicted molar refractivity (Wildman–Crippen MR) is 121 cm³/mol. The van der Waals surface area contributed by atoms with Gasteiger partial charge in [-0.3, -0.25) is 9.59 Å². The second-order valence-electron chi connectivity index (χ2n) is 6.82. The zero-order valence-electron chi connectivity index (χ0n) is 17.9. The molecule has 0 aliphatic carbocycles. The molecule has 0 atom stereocenters. The fourth-order valence-corrected chi connectivity index (χ4v) is 3.59. The molecule has 1 heterocycles. The topological polar surface area (TPSA) is 139 Å². The summed E-state index contributed by atoms with van der Waals surface area (Å²) < 4.78 is 37.6. The Morgan fingerprint density at radius 2 is 1.70 bits per heavy atom. The molecule has 3 N–H and O–H groups in total. The molecule has 172 valence electrons. The number of anilines is 1. The van der Waals surface area contributed by atoms with Crippen LogP contribution in [0.3, 0.4) is 0 Å². The number of carbonyl (C=O) groups is 2. The van der Waals surface area contributed by atoms with Crippen LogP contribution in [0.15, 0.2) is 75.1 Å². The molecule has 0 aliphatic heterocycles. The van der Waals surface area contributed by atoms with Crippen molar-refractivity contribution in [1.82, 2.24) is 10.1 Å². The Morgan fingerprint density at radius 1 is 1.00 bits per heavy atom. The smallest absolute Gasteiger partial charge is 0.329 e. The standard InChI is InChI=1S/C22H22N4O6S/c1-15-3-11-20(12-4-15)33(29,30)24-14-19-10-9-18(32-19)13-23-26-22(28)21(27)25-16-5-7-17(31-2)8-6-16/h3-13,24H,14H2,1-2H3,(H,25,27)(H,26,28)/b23-13+. The third kappa shape index (κ3) is 6.76. The van der Waals surface area contributed by atoms with Gasteiger partial charge in [-0.2, -0.15) is 5.10 Å². The first-order valence-corrected chi connectivity index (χ1v) is 11.2. The number of nitrogens with zero attached hydrogens (tertiary/aromatic N) is 1. The van der Waals surface area contributed by atoms with Crippen LogP contribution in [0.1, 0.15) is 17.1 Å². The van der Waals surface area contributed by atoms with Crippen LogP contribution in [-0.2, 0) is 26.2 Å². The zero-order valence-corrected chi connectivity index (χ0v) is 18.7. The minimum Gasteiger partial charge on any atom is -0.497 e. The van der Waals surface area contributed by atoms with Gasteiger partial charge in [0, 0.05) is 5.69 Å². The van der Waals surface area contributed by atoms with Gasteiger partial charge in [-0.25, -0.2) is 18.6 Å². The summed E-state index contributed by atoms with van der Waals surface area (Å²) in [6.45, 7) is 1.80. The molecule has 0 bridgehead atoms. The van der Waals surface area contributed by atoms with Crippen LogP contribution in [0.25, 0.3) is 0 Å². The number of nitrogens with one attached hydrogen (secondary N) is 3. The van der Waals surface area contributed by atoms with Gasteiger partial charge in [0.1, 0.15) is 17.3 Å². The Bertz CT molecular complexity index is 1250. The van der Waals surface area contributed by atoms with Crippen molar-refractivity contribution in [2.24, 2.45) is 5.10 Å². The lowest BCUT2D eigenvalue weighted by Gasteiger charge is -2.05. The molecule has 11 heteroatoms. The third-order valence-electron chi connectivity index (χ3n) is 4.36. The molecule has 0 aliphatic rings. The predicted octanol–water partition coefficient (Wildman–Crippen LogP) is 2.16. The lowest BCUT2D eigenvalue weighted by molar-refractivity contribution is -0.136. The summed E-state index contributed by atoms with van der Waals surface area (Å²) in [6.07, 6.45) is 1.19. The van der Waals surface area contributed by atoms with Gasteiger partial charge in [0.25, 0.3) is 0 Å². The highest BCUT2D eigenvalue weighted by Crippen LogP contribution is 2.15. The maximum atomic E-state index is 12.3. The molecule has 0 saturated heterocycles. The van der Waals surface area contributed by atoms with E-state index in [0.717, 1.165) is 5.56 Å². The van der Waals surface area contributed by atoms with Gasteiger partial charge in [0.05, 0.1) is 24.8 Å². The van der Waals surface area contributed by atoms with Crippen molar-refractivity contribution in [2.75, 3.05) is 12.4 Å². The molecule has 0 fully saturated rings. The number of ether oxygens (including phenoxy) is 1. The average molecular weight is 471 g/mol. The summed E-state index contributed by atoms with van der Waals surface area (Å²) in [5.74, 6) is -0.656. The van der Waals surface area contributed by atoms with E-state index >= 15 is 0 Å². The van der Waals surface area contributed by atoms with Crippen molar-refractivity contribution in [3.05, 3.63) is 77.7 Å². The number of rotatable bonds is 8. The first-order valence-electron chi connectivity index (χ1n) is 9.70. The summed E-state index contributed by atoms with van der Waals surface area (Å²) in [5, 5.41) is 6.10. The van der Waals surface area contributed by atoms with E-state index in [0.29, 0.717) is 17.2 Å². The first-order chi connectivity index (χ1) is 15.8. The van der Waals surface area contributed by atoms with E-state index in [-0.39, 0.29) is 17.2 Å². The number of hydrogen-bond donors (Lipinski definition) is 3. The van der Waals surface area contributed by atoms with Gasteiger partial charge in [-0.05, 0) is 55.5 Å². The number of carbonyl (C=O) groups excluding carboxylic acids is 2. The van der Waals surface area contributed by atoms with Gasteiger partial charge in [0.15, 0.2) is 0 Å². The Labute approximate surface area is 190 Å². The molecular weight excluding hydrogens is 448 g/mol. The highest BCUT2D eigenvalue weighted by Gasteiger charge is 2.15. The number of aryl methyl sites for hydroxylation is 1. The molecule has 0 unspecified atom stereocenters. The average Bonchev–Trinajstić information content (AvgIpc) is 3.26. The summed E-state index contributed by atoms with van der Waals surface area (Å²) in [7, 11) is -2.17. The number of hydrogen-bond acceptors (Lipinski definition) is 7. The van der Waals surface area contributed by atoms with Gasteiger partial charge >= 0.3 is 11.8 Å². The lowest BCUT2D eigenvalue weighted by Crippen LogP contribution is -2.32. The second-order valence-corrected chi connectivity index (χ2v) is 8.59. The van der Waals surface area contributed by atoms with E-state index in [4.69, 9.17) is 9.15 Å². The quantitative estimate of drug-likeness (QED) is 0.262. The number of hydrazone groups is 1. The van der Waals surface area contributed by atoms with Crippen molar-refractivity contribution in [2.45, 2.75) is 18.4 Å². The molecule has 2 amide bonds. The van der Waals surface area contributed by atoms with E-state index < -0.39 is 21.8 Å². The lowest BCUT2D eigenvalue weighted by atomic mass is 10.2. The molecule has 3 rings (SSSR count). The third-order valence-corrected chi connectivity index (χ3v) is 5.78. The zero-order chi connectivity index (χ0) is 23.8. The number of amides is 2. The molecular formula is C22H22N4O6S. The van der Waals surface area contributed by atoms with Crippen molar-refractivity contribution < 1.29 is 27.2 Å². The molecule has 0 spiro atoms. The number of benzene rings is 2. The maximum Gasteiger partial charge on any atom is 0.329 e. The van der Waals surface area contributed by atoms with E-state index in [9.17, 15) is 18.0 Å². The molecule has 1 aromatic heterocycles. The van der Waals surface area contributed by atoms with Crippen molar-refractivity contribution in [3.8, 4) is 5.75 Å². The minimum atomic E-state index is -3.69. The summed E-state index contributed by atoms with van der Waals surface area (Å²) in [5.41, 5.74) is 3.46. The maximum absolute atomic E-state index is 12.3. The second kappa shape index (κ2) is 10.6. The van der Waals surface area contributed by atoms with Gasteiger partial charge in [-0.15, -0.1) is 0 Å². The molecule has 33 heavy (non-hydrogen) atoms. The van der Waals surface area contributed by atoms with Crippen LogP contribution in [0, 0.1) is 6.92 Å². The highest BCUT2D eigenvalue weighted by atomic mass is 32.2. The molecule has 0 radical (unpaired) electrons. The Balaban J connectivity index is 1.49. The largest absolute Gasteiger partial charge is 0.497 e. The molecule has 2 aromatic carbocycles. The summed E-state index contributed by atoms with van der Waals surface area (Å²) in [4.78, 5) is 23.9. The van der Waals surface area contributed by atoms with Crippen molar-refractivity contribution in [3.63, 3.8) is 0 Å². The van der Waals surface area contributed by atoms with Crippen LogP contribution in [0.5, 0.6) is 5.75 Å². The normalized spacial score (nSPS) is 11.3. The summed E-state index contributed by atoms with van der Waals surface area (Å²) >= 11 is 0. The SMILES string of the molecule is COc1ccc(NC(=O)C(=O)N/N=C/c2ccc(CNS(=O)(=O)c3ccc(C)cc3)o2)cc1. The Hall–Kier alpha value is -3.96. The van der Waals surface area contributed by atoms with Gasteiger partial charge < -0.3 is 14.5 Å². The fraction of sp³-hybridized carbons (Fsp3) is 0.136. The van der Waals surface area contributed by atoms with Crippen molar-refractivity contribution in [1.29, 1.82) is 0 Å². The number of furan rings is 1. The first kappa shape index (κ1) is 23.7. The van der Waals surface area contributed by atoms with Crippen molar-refractivity contribution >= 4 is 33.7 Å². The van der Waals surface area contributed by atoms with Crippen LogP contribution in [0.4, 0.5) is 5.69 Å². The van der Waals surface area contributed by atoms with Crippen LogP contribution in [0.2, 0.25) is 0 Å². The van der Waals surface area contributed by atoms with E-state index in [2.05, 4.69) is 20.6 Å². The summed E-state index contributed by atoms with van der Waals surface area (Å²) in [6, 6.07) is 16.0. The minimum absolute atomic E-state index is 0.0688. The Kier molecular flexibility index (Phi) is 7.59. The van der Waals surface area contributed by atoms with Crippen LogP contribution in [-0.4, -0.2) is 33.6 Å². The Morgan fingerprint density at radius 3 is 2.36 bits per heavy atom. The number of sulfonamides is 1. The number of methoxy groups -OCH3 is 1.